The van der Waals surface area contributed by atoms with Crippen LogP contribution in [0.2, 0.25) is 0 Å². The highest BCUT2D eigenvalue weighted by molar-refractivity contribution is 4.93. The fourth-order valence-electron chi connectivity index (χ4n) is 3.07. The van der Waals surface area contributed by atoms with Crippen LogP contribution in [-0.4, -0.2) is 5.54 Å². The van der Waals surface area contributed by atoms with E-state index < -0.39 is 0 Å². The molecule has 0 radical (unpaired) electrons. The molecule has 0 saturated heterocycles. The van der Waals surface area contributed by atoms with Crippen molar-refractivity contribution >= 4 is 0 Å². The van der Waals surface area contributed by atoms with E-state index in [-0.39, 0.29) is 5.54 Å². The Labute approximate surface area is 95.8 Å². The van der Waals surface area contributed by atoms with Gasteiger partial charge in [0.15, 0.2) is 0 Å². The van der Waals surface area contributed by atoms with Gasteiger partial charge in [0.25, 0.3) is 0 Å². The van der Waals surface area contributed by atoms with Crippen LogP contribution >= 0.6 is 0 Å². The minimum atomic E-state index is 0.0581. The third-order valence-corrected chi connectivity index (χ3v) is 4.91. The van der Waals surface area contributed by atoms with E-state index in [1.165, 1.54) is 38.5 Å². The van der Waals surface area contributed by atoms with Crippen molar-refractivity contribution in [2.75, 3.05) is 0 Å². The Morgan fingerprint density at radius 1 is 1.33 bits per heavy atom. The molecule has 1 aliphatic rings. The molecule has 15 heavy (non-hydrogen) atoms. The van der Waals surface area contributed by atoms with Gasteiger partial charge in [0.2, 0.25) is 0 Å². The average molecular weight is 211 g/mol. The highest BCUT2D eigenvalue weighted by Crippen LogP contribution is 2.39. The fourth-order valence-corrected chi connectivity index (χ4v) is 3.07. The number of hydrogen-bond acceptors (Lipinski definition) is 1. The van der Waals surface area contributed by atoms with E-state index in [2.05, 4.69) is 27.7 Å². The van der Waals surface area contributed by atoms with E-state index in [0.717, 1.165) is 11.8 Å². The lowest BCUT2D eigenvalue weighted by Crippen LogP contribution is -2.51. The van der Waals surface area contributed by atoms with Crippen LogP contribution in [0, 0.1) is 17.8 Å². The largest absolute Gasteiger partial charge is 0.325 e. The SMILES string of the molecule is CCC1CCCC(C(C)(N)C(C)CC)C1. The van der Waals surface area contributed by atoms with Gasteiger partial charge in [-0.3, -0.25) is 0 Å². The third kappa shape index (κ3) is 2.96. The molecule has 1 rings (SSSR count). The first kappa shape index (κ1) is 13.0. The van der Waals surface area contributed by atoms with Gasteiger partial charge in [0, 0.05) is 5.54 Å². The zero-order chi connectivity index (χ0) is 11.5. The first-order valence-electron chi connectivity index (χ1n) is 6.81. The minimum Gasteiger partial charge on any atom is -0.325 e. The first-order valence-corrected chi connectivity index (χ1v) is 6.81. The quantitative estimate of drug-likeness (QED) is 0.748. The second-order valence-electron chi connectivity index (χ2n) is 5.81. The molecule has 0 spiro atoms. The molecular formula is C14H29N. The van der Waals surface area contributed by atoms with Crippen LogP contribution in [0.3, 0.4) is 0 Å². The molecule has 1 saturated carbocycles. The fraction of sp³-hybridized carbons (Fsp3) is 1.00. The van der Waals surface area contributed by atoms with E-state index in [9.17, 15) is 0 Å². The number of hydrogen-bond donors (Lipinski definition) is 1. The maximum atomic E-state index is 6.56. The minimum absolute atomic E-state index is 0.0581. The molecule has 0 amide bonds. The summed E-state index contributed by atoms with van der Waals surface area (Å²) in [6.45, 7) is 9.18. The van der Waals surface area contributed by atoms with Crippen LogP contribution in [0.5, 0.6) is 0 Å². The van der Waals surface area contributed by atoms with Crippen LogP contribution in [0.25, 0.3) is 0 Å². The van der Waals surface area contributed by atoms with Gasteiger partial charge in [-0.1, -0.05) is 46.5 Å². The predicted octanol–water partition coefficient (Wildman–Crippen LogP) is 3.97. The molecule has 0 aromatic rings. The summed E-state index contributed by atoms with van der Waals surface area (Å²) in [7, 11) is 0. The van der Waals surface area contributed by atoms with Gasteiger partial charge < -0.3 is 5.73 Å². The molecule has 1 nitrogen and oxygen atoms in total. The van der Waals surface area contributed by atoms with Crippen LogP contribution in [-0.2, 0) is 0 Å². The molecule has 4 atom stereocenters. The smallest absolute Gasteiger partial charge is 0.0180 e. The lowest BCUT2D eigenvalue weighted by molar-refractivity contribution is 0.127. The molecule has 0 aliphatic heterocycles. The van der Waals surface area contributed by atoms with E-state index in [0.29, 0.717) is 5.92 Å². The molecule has 90 valence electrons. The molecule has 2 N–H and O–H groups in total. The standard InChI is InChI=1S/C14H29N/c1-5-11(3)14(4,15)13-9-7-8-12(6-2)10-13/h11-13H,5-10,15H2,1-4H3. The monoisotopic (exact) mass is 211 g/mol. The Bertz CT molecular complexity index is 186. The Morgan fingerprint density at radius 2 is 2.00 bits per heavy atom. The predicted molar refractivity (Wildman–Crippen MR) is 67.8 cm³/mol. The third-order valence-electron chi connectivity index (χ3n) is 4.91. The molecule has 0 bridgehead atoms. The van der Waals surface area contributed by atoms with Gasteiger partial charge in [0.05, 0.1) is 0 Å². The van der Waals surface area contributed by atoms with Crippen molar-refractivity contribution in [3.63, 3.8) is 0 Å². The number of nitrogens with two attached hydrogens (primary N) is 1. The summed E-state index contributed by atoms with van der Waals surface area (Å²) in [5, 5.41) is 0. The van der Waals surface area contributed by atoms with E-state index in [1.54, 1.807) is 0 Å². The van der Waals surface area contributed by atoms with Crippen LogP contribution < -0.4 is 5.73 Å². The normalized spacial score (nSPS) is 33.4. The van der Waals surface area contributed by atoms with E-state index in [4.69, 9.17) is 5.73 Å². The highest BCUT2D eigenvalue weighted by Gasteiger charge is 2.37. The maximum absolute atomic E-state index is 6.56. The van der Waals surface area contributed by atoms with Gasteiger partial charge >= 0.3 is 0 Å². The molecule has 1 fully saturated rings. The van der Waals surface area contributed by atoms with Crippen molar-refractivity contribution < 1.29 is 0 Å². The van der Waals surface area contributed by atoms with Crippen molar-refractivity contribution in [1.29, 1.82) is 0 Å². The summed E-state index contributed by atoms with van der Waals surface area (Å²) in [5.41, 5.74) is 6.62. The van der Waals surface area contributed by atoms with Crippen LogP contribution in [0.4, 0.5) is 0 Å². The second-order valence-corrected chi connectivity index (χ2v) is 5.81. The van der Waals surface area contributed by atoms with Gasteiger partial charge in [0.1, 0.15) is 0 Å². The summed E-state index contributed by atoms with van der Waals surface area (Å²) in [6, 6.07) is 0. The highest BCUT2D eigenvalue weighted by atomic mass is 14.8. The van der Waals surface area contributed by atoms with Crippen molar-refractivity contribution in [3.05, 3.63) is 0 Å². The Kier molecular flexibility index (Phi) is 4.64. The van der Waals surface area contributed by atoms with Crippen molar-refractivity contribution in [3.8, 4) is 0 Å². The zero-order valence-corrected chi connectivity index (χ0v) is 11.1. The van der Waals surface area contributed by atoms with Crippen LogP contribution in [0.1, 0.15) is 66.2 Å². The summed E-state index contributed by atoms with van der Waals surface area (Å²) in [5.74, 6) is 2.35. The topological polar surface area (TPSA) is 26.0 Å². The Morgan fingerprint density at radius 3 is 2.53 bits per heavy atom. The average Bonchev–Trinajstić information content (AvgIpc) is 2.27. The van der Waals surface area contributed by atoms with Crippen molar-refractivity contribution in [2.24, 2.45) is 23.5 Å². The molecule has 1 heteroatoms. The maximum Gasteiger partial charge on any atom is 0.0180 e. The van der Waals surface area contributed by atoms with Crippen molar-refractivity contribution in [2.45, 2.75) is 71.8 Å². The van der Waals surface area contributed by atoms with E-state index in [1.807, 2.05) is 0 Å². The zero-order valence-electron chi connectivity index (χ0n) is 11.1. The van der Waals surface area contributed by atoms with Crippen molar-refractivity contribution in [1.82, 2.24) is 0 Å². The second kappa shape index (κ2) is 5.34. The first-order chi connectivity index (χ1) is 7.02. The molecule has 0 aromatic carbocycles. The molecule has 0 aromatic heterocycles. The van der Waals surface area contributed by atoms with Gasteiger partial charge in [-0.05, 0) is 37.5 Å². The van der Waals surface area contributed by atoms with Gasteiger partial charge in [-0.2, -0.15) is 0 Å². The lowest BCUT2D eigenvalue weighted by Gasteiger charge is -2.43. The number of rotatable bonds is 4. The summed E-state index contributed by atoms with van der Waals surface area (Å²) in [6.07, 6.45) is 8.10. The molecule has 0 heterocycles. The summed E-state index contributed by atoms with van der Waals surface area (Å²) in [4.78, 5) is 0. The summed E-state index contributed by atoms with van der Waals surface area (Å²) < 4.78 is 0. The molecule has 4 unspecified atom stereocenters. The van der Waals surface area contributed by atoms with Gasteiger partial charge in [-0.15, -0.1) is 0 Å². The molecular weight excluding hydrogens is 182 g/mol. The van der Waals surface area contributed by atoms with Crippen LogP contribution in [0.15, 0.2) is 0 Å². The van der Waals surface area contributed by atoms with E-state index >= 15 is 0 Å². The molecule has 1 aliphatic carbocycles. The Hall–Kier alpha value is -0.0400. The lowest BCUT2D eigenvalue weighted by atomic mass is 9.66. The Balaban J connectivity index is 2.61. The summed E-state index contributed by atoms with van der Waals surface area (Å²) >= 11 is 0. The van der Waals surface area contributed by atoms with Gasteiger partial charge in [-0.25, -0.2) is 0 Å².